The zero-order valence-corrected chi connectivity index (χ0v) is 18.4. The molecular formula is C22H28N4O6. The number of rotatable bonds is 10. The van der Waals surface area contributed by atoms with Crippen LogP contribution in [0, 0.1) is 5.92 Å². The average Bonchev–Trinajstić information content (AvgIpc) is 3.35. The maximum absolute atomic E-state index is 12.5. The van der Waals surface area contributed by atoms with Crippen LogP contribution in [0.25, 0.3) is 0 Å². The number of hydrogen-bond acceptors (Lipinski definition) is 7. The molecule has 1 aliphatic heterocycles. The van der Waals surface area contributed by atoms with Crippen LogP contribution in [0.4, 0.5) is 5.69 Å². The smallest absolute Gasteiger partial charge is 0.307 e. The van der Waals surface area contributed by atoms with Crippen LogP contribution >= 0.6 is 0 Å². The predicted octanol–water partition coefficient (Wildman–Crippen LogP) is 2.35. The molecule has 1 aliphatic rings. The van der Waals surface area contributed by atoms with Crippen LogP contribution in [-0.4, -0.2) is 47.0 Å². The number of benzene rings is 1. The number of fused-ring (bicyclic) bond motifs is 1. The zero-order chi connectivity index (χ0) is 23.1. The Morgan fingerprint density at radius 2 is 2.00 bits per heavy atom. The highest BCUT2D eigenvalue weighted by atomic mass is 16.7. The van der Waals surface area contributed by atoms with Crippen molar-refractivity contribution in [3.05, 3.63) is 36.2 Å². The Hall–Kier alpha value is -3.56. The van der Waals surface area contributed by atoms with Crippen molar-refractivity contribution in [2.45, 2.75) is 46.2 Å². The van der Waals surface area contributed by atoms with E-state index in [9.17, 15) is 14.4 Å². The molecule has 32 heavy (non-hydrogen) atoms. The van der Waals surface area contributed by atoms with Gasteiger partial charge < -0.3 is 24.8 Å². The number of nitrogens with one attached hydrogen (secondary N) is 2. The lowest BCUT2D eigenvalue weighted by Crippen LogP contribution is -2.39. The molecule has 0 saturated heterocycles. The zero-order valence-electron chi connectivity index (χ0n) is 18.4. The molecule has 0 saturated carbocycles. The second kappa shape index (κ2) is 10.7. The number of carbonyl (C=O) groups excluding carboxylic acids is 3. The highest BCUT2D eigenvalue weighted by Crippen LogP contribution is 2.32. The molecule has 0 unspecified atom stereocenters. The van der Waals surface area contributed by atoms with E-state index in [1.165, 1.54) is 10.9 Å². The van der Waals surface area contributed by atoms with Gasteiger partial charge in [-0.15, -0.1) is 0 Å². The molecular weight excluding hydrogens is 416 g/mol. The molecule has 2 heterocycles. The third-order valence-corrected chi connectivity index (χ3v) is 4.67. The lowest BCUT2D eigenvalue weighted by Gasteiger charge is -2.19. The molecule has 0 aliphatic carbocycles. The molecule has 172 valence electrons. The molecule has 1 aromatic heterocycles. The van der Waals surface area contributed by atoms with Gasteiger partial charge in [-0.1, -0.05) is 13.8 Å². The van der Waals surface area contributed by atoms with Crippen LogP contribution in [0.3, 0.4) is 0 Å². The first-order valence-electron chi connectivity index (χ1n) is 10.5. The monoisotopic (exact) mass is 444 g/mol. The second-order valence-corrected chi connectivity index (χ2v) is 7.85. The fourth-order valence-electron chi connectivity index (χ4n) is 3.36. The maximum atomic E-state index is 12.5. The summed E-state index contributed by atoms with van der Waals surface area (Å²) in [6.07, 6.45) is 3.80. The molecule has 0 spiro atoms. The van der Waals surface area contributed by atoms with Gasteiger partial charge in [0, 0.05) is 17.8 Å². The molecule has 10 nitrogen and oxygen atoms in total. The van der Waals surface area contributed by atoms with Crippen molar-refractivity contribution in [3.8, 4) is 11.5 Å². The van der Waals surface area contributed by atoms with Gasteiger partial charge in [-0.2, -0.15) is 5.10 Å². The Balaban J connectivity index is 1.54. The standard InChI is InChI=1S/C22H28N4O6/c1-4-30-21(28)9-16(7-14(2)3)24-20(27)12-26-11-17(10-23-26)25-22(29)15-5-6-18-19(8-15)32-13-31-18/h5-6,8,10-11,14,16H,4,7,9,12-13H2,1-3H3,(H,24,27)(H,25,29)/t16-/m1/s1. The van der Waals surface area contributed by atoms with Gasteiger partial charge in [-0.3, -0.25) is 19.1 Å². The van der Waals surface area contributed by atoms with E-state index < -0.39 is 0 Å². The van der Waals surface area contributed by atoms with Crippen molar-refractivity contribution in [3.63, 3.8) is 0 Å². The first-order valence-corrected chi connectivity index (χ1v) is 10.5. The molecule has 0 bridgehead atoms. The maximum Gasteiger partial charge on any atom is 0.307 e. The van der Waals surface area contributed by atoms with Gasteiger partial charge in [0.05, 0.1) is 24.9 Å². The van der Waals surface area contributed by atoms with E-state index >= 15 is 0 Å². The van der Waals surface area contributed by atoms with Crippen molar-refractivity contribution >= 4 is 23.5 Å². The van der Waals surface area contributed by atoms with Gasteiger partial charge in [-0.05, 0) is 37.5 Å². The minimum absolute atomic E-state index is 0.0443. The molecule has 0 fully saturated rings. The first kappa shape index (κ1) is 23.1. The molecule has 3 rings (SSSR count). The highest BCUT2D eigenvalue weighted by molar-refractivity contribution is 6.04. The lowest BCUT2D eigenvalue weighted by molar-refractivity contribution is -0.143. The van der Waals surface area contributed by atoms with E-state index in [0.717, 1.165) is 0 Å². The Morgan fingerprint density at radius 1 is 1.22 bits per heavy atom. The van der Waals surface area contributed by atoms with Gasteiger partial charge in [0.1, 0.15) is 6.54 Å². The predicted molar refractivity (Wildman–Crippen MR) is 115 cm³/mol. The largest absolute Gasteiger partial charge is 0.466 e. The summed E-state index contributed by atoms with van der Waals surface area (Å²) >= 11 is 0. The number of ether oxygens (including phenoxy) is 3. The molecule has 2 N–H and O–H groups in total. The van der Waals surface area contributed by atoms with Gasteiger partial charge in [0.25, 0.3) is 5.91 Å². The third kappa shape index (κ3) is 6.47. The molecule has 10 heteroatoms. The van der Waals surface area contributed by atoms with E-state index in [-0.39, 0.29) is 43.6 Å². The molecule has 1 aromatic carbocycles. The van der Waals surface area contributed by atoms with Crippen LogP contribution < -0.4 is 20.1 Å². The van der Waals surface area contributed by atoms with Crippen molar-refractivity contribution in [1.82, 2.24) is 15.1 Å². The SMILES string of the molecule is CCOC(=O)C[C@@H](CC(C)C)NC(=O)Cn1cc(NC(=O)c2ccc3c(c2)OCO3)cn1. The second-order valence-electron chi connectivity index (χ2n) is 7.85. The fraction of sp³-hybridized carbons (Fsp3) is 0.455. The van der Waals surface area contributed by atoms with Crippen LogP contribution in [0.15, 0.2) is 30.6 Å². The first-order chi connectivity index (χ1) is 15.3. The number of esters is 1. The van der Waals surface area contributed by atoms with Crippen LogP contribution in [0.2, 0.25) is 0 Å². The summed E-state index contributed by atoms with van der Waals surface area (Å²) in [6, 6.07) is 4.60. The Kier molecular flexibility index (Phi) is 7.69. The van der Waals surface area contributed by atoms with Crippen LogP contribution in [0.5, 0.6) is 11.5 Å². The normalized spacial score (nSPS) is 13.0. The number of carbonyl (C=O) groups is 3. The number of nitrogens with zero attached hydrogens (tertiary/aromatic N) is 2. The summed E-state index contributed by atoms with van der Waals surface area (Å²) in [5.74, 6) is 0.460. The van der Waals surface area contributed by atoms with E-state index in [4.69, 9.17) is 14.2 Å². The number of aromatic nitrogens is 2. The average molecular weight is 444 g/mol. The topological polar surface area (TPSA) is 121 Å². The van der Waals surface area contributed by atoms with Gasteiger partial charge in [0.15, 0.2) is 11.5 Å². The Morgan fingerprint density at radius 3 is 2.75 bits per heavy atom. The molecule has 1 atom stereocenters. The summed E-state index contributed by atoms with van der Waals surface area (Å²) in [4.78, 5) is 36.8. The van der Waals surface area contributed by atoms with E-state index in [1.54, 1.807) is 31.3 Å². The summed E-state index contributed by atoms with van der Waals surface area (Å²) in [5, 5.41) is 9.73. The van der Waals surface area contributed by atoms with Crippen LogP contribution in [-0.2, 0) is 20.9 Å². The van der Waals surface area contributed by atoms with Crippen molar-refractivity contribution in [2.75, 3.05) is 18.7 Å². The van der Waals surface area contributed by atoms with Crippen molar-refractivity contribution in [2.24, 2.45) is 5.92 Å². The summed E-state index contributed by atoms with van der Waals surface area (Å²) in [5.41, 5.74) is 0.862. The van der Waals surface area contributed by atoms with E-state index in [1.807, 2.05) is 13.8 Å². The van der Waals surface area contributed by atoms with E-state index in [2.05, 4.69) is 15.7 Å². The minimum Gasteiger partial charge on any atom is -0.466 e. The van der Waals surface area contributed by atoms with Gasteiger partial charge in [0.2, 0.25) is 12.7 Å². The number of amides is 2. The Bertz CT molecular complexity index is 971. The molecule has 0 radical (unpaired) electrons. The summed E-state index contributed by atoms with van der Waals surface area (Å²) in [7, 11) is 0. The fourth-order valence-corrected chi connectivity index (χ4v) is 3.36. The lowest BCUT2D eigenvalue weighted by atomic mass is 10.0. The molecule has 2 amide bonds. The van der Waals surface area contributed by atoms with Crippen LogP contribution in [0.1, 0.15) is 44.0 Å². The van der Waals surface area contributed by atoms with Gasteiger partial charge >= 0.3 is 5.97 Å². The Labute approximate surface area is 186 Å². The quantitative estimate of drug-likeness (QED) is 0.540. The minimum atomic E-state index is -0.342. The molecule has 2 aromatic rings. The third-order valence-electron chi connectivity index (χ3n) is 4.67. The summed E-state index contributed by atoms with van der Waals surface area (Å²) in [6.45, 7) is 6.17. The number of hydrogen-bond donors (Lipinski definition) is 2. The number of anilines is 1. The highest BCUT2D eigenvalue weighted by Gasteiger charge is 2.20. The van der Waals surface area contributed by atoms with Crippen molar-refractivity contribution < 1.29 is 28.6 Å². The van der Waals surface area contributed by atoms with E-state index in [0.29, 0.717) is 41.7 Å². The van der Waals surface area contributed by atoms with Gasteiger partial charge in [-0.25, -0.2) is 0 Å². The van der Waals surface area contributed by atoms with Crippen molar-refractivity contribution in [1.29, 1.82) is 0 Å². The summed E-state index contributed by atoms with van der Waals surface area (Å²) < 4.78 is 16.9.